The summed E-state index contributed by atoms with van der Waals surface area (Å²) in [5, 5.41) is 10.4. The molecule has 2 heteroatoms. The van der Waals surface area contributed by atoms with Crippen molar-refractivity contribution in [3.05, 3.63) is 16.9 Å². The van der Waals surface area contributed by atoms with Crippen molar-refractivity contribution in [3.8, 4) is 0 Å². The van der Waals surface area contributed by atoms with Crippen LogP contribution in [0.25, 0.3) is 0 Å². The zero-order valence-corrected chi connectivity index (χ0v) is 6.18. The van der Waals surface area contributed by atoms with E-state index in [0.717, 1.165) is 0 Å². The second-order valence-electron chi connectivity index (χ2n) is 2.73. The Kier molecular flexibility index (Phi) is 2.49. The van der Waals surface area contributed by atoms with Gasteiger partial charge < -0.3 is 5.21 Å². The first-order valence-electron chi connectivity index (χ1n) is 3.72. The summed E-state index contributed by atoms with van der Waals surface area (Å²) in [4.78, 5) is 0. The Hall–Kier alpha value is -0.790. The molecule has 1 aliphatic carbocycles. The molecule has 0 unspecified atom stereocenters. The van der Waals surface area contributed by atoms with E-state index < -0.39 is 0 Å². The molecule has 0 radical (unpaired) electrons. The lowest BCUT2D eigenvalue weighted by Crippen LogP contribution is -1.98. The summed E-state index contributed by atoms with van der Waals surface area (Å²) >= 11 is 0. The Morgan fingerprint density at radius 2 is 2.10 bits per heavy atom. The average Bonchev–Trinajstić information content (AvgIpc) is 2.34. The van der Waals surface area contributed by atoms with Crippen molar-refractivity contribution in [3.63, 3.8) is 0 Å². The fraction of sp³-hybridized carbons (Fsp3) is 0.625. The zero-order valence-electron chi connectivity index (χ0n) is 6.18. The van der Waals surface area contributed by atoms with Crippen LogP contribution < -0.4 is 0 Å². The zero-order chi connectivity index (χ0) is 7.40. The van der Waals surface area contributed by atoms with Gasteiger partial charge in [0.05, 0.1) is 0 Å². The van der Waals surface area contributed by atoms with Crippen molar-refractivity contribution in [2.45, 2.75) is 25.7 Å². The number of nitrogens with zero attached hydrogens (tertiary/aromatic N) is 1. The van der Waals surface area contributed by atoms with E-state index in [9.17, 15) is 5.21 Å². The molecule has 1 rings (SSSR count). The molecule has 56 valence electrons. The largest absolute Gasteiger partial charge is 0.624 e. The molecule has 1 saturated carbocycles. The van der Waals surface area contributed by atoms with E-state index in [-0.39, 0.29) is 0 Å². The first-order chi connectivity index (χ1) is 4.79. The Morgan fingerprint density at radius 3 is 2.60 bits per heavy atom. The van der Waals surface area contributed by atoms with Gasteiger partial charge in [-0.15, -0.1) is 0 Å². The molecule has 0 atom stereocenters. The number of hydrogen-bond acceptors (Lipinski definition) is 1. The van der Waals surface area contributed by atoms with Crippen LogP contribution in [0.15, 0.2) is 11.6 Å². The molecule has 0 aromatic heterocycles. The highest BCUT2D eigenvalue weighted by atomic mass is 16.5. The number of rotatable bonds is 2. The van der Waals surface area contributed by atoms with Crippen LogP contribution in [0, 0.1) is 5.21 Å². The standard InChI is InChI=1S/C8H13NO/c1-9(10)7-6-8-4-2-3-5-8/h6H,1-5,7H2. The monoisotopic (exact) mass is 139 g/mol. The molecule has 0 aromatic rings. The van der Waals surface area contributed by atoms with Gasteiger partial charge in [0.1, 0.15) is 6.72 Å². The lowest BCUT2D eigenvalue weighted by atomic mass is 10.2. The van der Waals surface area contributed by atoms with E-state index in [2.05, 4.69) is 6.72 Å². The predicted octanol–water partition coefficient (Wildman–Crippen LogP) is 1.70. The number of hydrogen-bond donors (Lipinski definition) is 0. The molecule has 0 aliphatic heterocycles. The highest BCUT2D eigenvalue weighted by Crippen LogP contribution is 2.22. The van der Waals surface area contributed by atoms with Crippen LogP contribution in [0.4, 0.5) is 0 Å². The third kappa shape index (κ3) is 2.21. The minimum Gasteiger partial charge on any atom is -0.624 e. The topological polar surface area (TPSA) is 26.1 Å². The lowest BCUT2D eigenvalue weighted by molar-refractivity contribution is -0.436. The van der Waals surface area contributed by atoms with Crippen molar-refractivity contribution >= 4 is 6.72 Å². The lowest BCUT2D eigenvalue weighted by Gasteiger charge is -1.97. The predicted molar refractivity (Wildman–Crippen MR) is 42.2 cm³/mol. The van der Waals surface area contributed by atoms with E-state index >= 15 is 0 Å². The van der Waals surface area contributed by atoms with Crippen molar-refractivity contribution in [2.75, 3.05) is 6.54 Å². The Balaban J connectivity index is 2.31. The van der Waals surface area contributed by atoms with E-state index in [0.29, 0.717) is 11.3 Å². The molecule has 0 amide bonds. The minimum absolute atomic E-state index is 0.454. The maximum Gasteiger partial charge on any atom is 0.171 e. The van der Waals surface area contributed by atoms with E-state index in [1.165, 1.54) is 31.3 Å². The van der Waals surface area contributed by atoms with Crippen LogP contribution in [0.3, 0.4) is 0 Å². The van der Waals surface area contributed by atoms with Gasteiger partial charge >= 0.3 is 0 Å². The smallest absolute Gasteiger partial charge is 0.171 e. The van der Waals surface area contributed by atoms with Crippen LogP contribution in [-0.4, -0.2) is 18.0 Å². The molecule has 0 saturated heterocycles. The summed E-state index contributed by atoms with van der Waals surface area (Å²) in [6.07, 6.45) is 6.97. The highest BCUT2D eigenvalue weighted by Gasteiger charge is 2.05. The maximum atomic E-state index is 10.4. The van der Waals surface area contributed by atoms with Crippen molar-refractivity contribution < 1.29 is 4.74 Å². The van der Waals surface area contributed by atoms with Crippen LogP contribution in [0.2, 0.25) is 0 Å². The third-order valence-electron chi connectivity index (χ3n) is 1.83. The van der Waals surface area contributed by atoms with Gasteiger partial charge in [-0.2, -0.15) is 0 Å². The van der Waals surface area contributed by atoms with E-state index in [1.54, 1.807) is 0 Å². The molecule has 0 heterocycles. The summed E-state index contributed by atoms with van der Waals surface area (Å²) in [5.41, 5.74) is 1.43. The Bertz CT molecular complexity index is 153. The van der Waals surface area contributed by atoms with Crippen molar-refractivity contribution in [1.29, 1.82) is 0 Å². The second kappa shape index (κ2) is 3.40. The summed E-state index contributed by atoms with van der Waals surface area (Å²) < 4.78 is 0.714. The molecule has 1 fully saturated rings. The summed E-state index contributed by atoms with van der Waals surface area (Å²) in [7, 11) is 0. The molecular formula is C8H13NO. The summed E-state index contributed by atoms with van der Waals surface area (Å²) in [6.45, 7) is 3.69. The van der Waals surface area contributed by atoms with E-state index in [1.807, 2.05) is 6.08 Å². The quantitative estimate of drug-likeness (QED) is 0.188. The van der Waals surface area contributed by atoms with E-state index in [4.69, 9.17) is 0 Å². The van der Waals surface area contributed by atoms with Gasteiger partial charge in [-0.05, 0) is 31.8 Å². The fourth-order valence-electron chi connectivity index (χ4n) is 1.26. The molecule has 2 nitrogen and oxygen atoms in total. The Morgan fingerprint density at radius 1 is 1.50 bits per heavy atom. The van der Waals surface area contributed by atoms with Gasteiger partial charge in [-0.3, -0.25) is 0 Å². The number of allylic oxidation sites excluding steroid dienone is 1. The van der Waals surface area contributed by atoms with Crippen LogP contribution in [0.5, 0.6) is 0 Å². The second-order valence-corrected chi connectivity index (χ2v) is 2.73. The molecule has 1 aliphatic rings. The van der Waals surface area contributed by atoms with Crippen molar-refractivity contribution in [1.82, 2.24) is 0 Å². The molecule has 0 bridgehead atoms. The van der Waals surface area contributed by atoms with Crippen LogP contribution in [0.1, 0.15) is 25.7 Å². The molecular weight excluding hydrogens is 126 g/mol. The highest BCUT2D eigenvalue weighted by molar-refractivity contribution is 5.15. The Labute approximate surface area is 61.5 Å². The van der Waals surface area contributed by atoms with Gasteiger partial charge in [0.2, 0.25) is 0 Å². The summed E-state index contributed by atoms with van der Waals surface area (Å²) in [6, 6.07) is 0. The van der Waals surface area contributed by atoms with Crippen LogP contribution in [-0.2, 0) is 0 Å². The minimum atomic E-state index is 0.454. The molecule has 0 spiro atoms. The number of hydroxylamine groups is 1. The molecule has 10 heavy (non-hydrogen) atoms. The normalized spacial score (nSPS) is 17.4. The van der Waals surface area contributed by atoms with Gasteiger partial charge in [0.25, 0.3) is 0 Å². The molecule has 0 N–H and O–H groups in total. The summed E-state index contributed by atoms with van der Waals surface area (Å²) in [5.74, 6) is 0. The van der Waals surface area contributed by atoms with Gasteiger partial charge in [-0.1, -0.05) is 5.57 Å². The third-order valence-corrected chi connectivity index (χ3v) is 1.83. The first kappa shape index (κ1) is 7.32. The fourth-order valence-corrected chi connectivity index (χ4v) is 1.26. The SMILES string of the molecule is C=[N+]([O-])CC=C1CCCC1. The first-order valence-corrected chi connectivity index (χ1v) is 3.72. The van der Waals surface area contributed by atoms with Crippen molar-refractivity contribution in [2.24, 2.45) is 0 Å². The average molecular weight is 139 g/mol. The van der Waals surface area contributed by atoms with Gasteiger partial charge in [-0.25, -0.2) is 4.74 Å². The maximum absolute atomic E-state index is 10.4. The molecule has 0 aromatic carbocycles. The van der Waals surface area contributed by atoms with Crippen LogP contribution >= 0.6 is 0 Å². The van der Waals surface area contributed by atoms with Gasteiger partial charge in [0.15, 0.2) is 6.54 Å². The van der Waals surface area contributed by atoms with Gasteiger partial charge in [0, 0.05) is 0 Å².